The van der Waals surface area contributed by atoms with Gasteiger partial charge in [0, 0.05) is 12.1 Å². The maximum atomic E-state index is 11.1. The zero-order valence-electron chi connectivity index (χ0n) is 10.2. The first-order chi connectivity index (χ1) is 8.20. The number of benzene rings is 1. The van der Waals surface area contributed by atoms with Gasteiger partial charge in [0.25, 0.3) is 0 Å². The van der Waals surface area contributed by atoms with E-state index in [0.29, 0.717) is 12.2 Å². The molecular formula is C14H19NO2. The third kappa shape index (κ3) is 5.88. The molecule has 0 heterocycles. The van der Waals surface area contributed by atoms with Crippen molar-refractivity contribution in [1.29, 1.82) is 0 Å². The van der Waals surface area contributed by atoms with Gasteiger partial charge in [-0.05, 0) is 25.5 Å². The normalized spacial score (nSPS) is 9.94. The Morgan fingerprint density at radius 1 is 1.35 bits per heavy atom. The van der Waals surface area contributed by atoms with Crippen LogP contribution in [0.25, 0.3) is 0 Å². The highest BCUT2D eigenvalue weighted by atomic mass is 16.5. The highest BCUT2D eigenvalue weighted by molar-refractivity contribution is 5.86. The number of hydrogen-bond donors (Lipinski definition) is 1. The average Bonchev–Trinajstić information content (AvgIpc) is 2.34. The maximum Gasteiger partial charge on any atom is 0.333 e. The van der Waals surface area contributed by atoms with Gasteiger partial charge >= 0.3 is 5.97 Å². The van der Waals surface area contributed by atoms with Crippen molar-refractivity contribution < 1.29 is 9.53 Å². The SMILES string of the molecule is C=C(C)C(=O)OCCCNCc1ccccc1. The van der Waals surface area contributed by atoms with E-state index in [2.05, 4.69) is 24.0 Å². The summed E-state index contributed by atoms with van der Waals surface area (Å²) < 4.78 is 4.98. The minimum atomic E-state index is -0.312. The van der Waals surface area contributed by atoms with Crippen molar-refractivity contribution in [2.45, 2.75) is 19.9 Å². The van der Waals surface area contributed by atoms with Gasteiger partial charge in [0.15, 0.2) is 0 Å². The van der Waals surface area contributed by atoms with Crippen LogP contribution in [0.3, 0.4) is 0 Å². The van der Waals surface area contributed by atoms with Gasteiger partial charge in [-0.2, -0.15) is 0 Å². The van der Waals surface area contributed by atoms with Crippen LogP contribution in [0.15, 0.2) is 42.5 Å². The number of nitrogens with one attached hydrogen (secondary N) is 1. The topological polar surface area (TPSA) is 38.3 Å². The lowest BCUT2D eigenvalue weighted by molar-refractivity contribution is -0.139. The zero-order chi connectivity index (χ0) is 12.5. The molecule has 3 heteroatoms. The fourth-order valence-corrected chi connectivity index (χ4v) is 1.31. The summed E-state index contributed by atoms with van der Waals surface area (Å²) in [5, 5.41) is 3.29. The Bertz CT molecular complexity index is 360. The molecule has 0 radical (unpaired) electrons. The predicted molar refractivity (Wildman–Crippen MR) is 68.5 cm³/mol. The number of esters is 1. The van der Waals surface area contributed by atoms with Gasteiger partial charge in [-0.1, -0.05) is 36.9 Å². The molecule has 17 heavy (non-hydrogen) atoms. The highest BCUT2D eigenvalue weighted by Gasteiger charge is 2.01. The summed E-state index contributed by atoms with van der Waals surface area (Å²) in [6, 6.07) is 10.2. The molecule has 1 aromatic carbocycles. The Morgan fingerprint density at radius 2 is 2.06 bits per heavy atom. The summed E-state index contributed by atoms with van der Waals surface area (Å²) in [6.07, 6.45) is 0.811. The third-order valence-electron chi connectivity index (χ3n) is 2.25. The summed E-state index contributed by atoms with van der Waals surface area (Å²) in [6.45, 7) is 7.28. The van der Waals surface area contributed by atoms with E-state index in [1.807, 2.05) is 18.2 Å². The number of ether oxygens (including phenoxy) is 1. The van der Waals surface area contributed by atoms with Crippen LogP contribution in [0.4, 0.5) is 0 Å². The summed E-state index contributed by atoms with van der Waals surface area (Å²) >= 11 is 0. The van der Waals surface area contributed by atoms with E-state index in [1.54, 1.807) is 6.92 Å². The second-order valence-corrected chi connectivity index (χ2v) is 3.93. The van der Waals surface area contributed by atoms with Crippen LogP contribution in [0.5, 0.6) is 0 Å². The van der Waals surface area contributed by atoms with Crippen LogP contribution in [0.1, 0.15) is 18.9 Å². The Labute approximate surface area is 102 Å². The quantitative estimate of drug-likeness (QED) is 0.446. The molecule has 1 aromatic rings. The first kappa shape index (κ1) is 13.5. The highest BCUT2D eigenvalue weighted by Crippen LogP contribution is 1.97. The molecule has 0 aromatic heterocycles. The lowest BCUT2D eigenvalue weighted by atomic mass is 10.2. The number of rotatable bonds is 7. The molecule has 0 spiro atoms. The summed E-state index contributed by atoms with van der Waals surface area (Å²) in [5.74, 6) is -0.312. The minimum Gasteiger partial charge on any atom is -0.462 e. The zero-order valence-corrected chi connectivity index (χ0v) is 10.2. The molecule has 0 aliphatic heterocycles. The number of hydrogen-bond acceptors (Lipinski definition) is 3. The van der Waals surface area contributed by atoms with Crippen LogP contribution >= 0.6 is 0 Å². The molecule has 0 aliphatic carbocycles. The van der Waals surface area contributed by atoms with E-state index in [4.69, 9.17) is 4.74 Å². The van der Waals surface area contributed by atoms with Crippen molar-refractivity contribution in [3.63, 3.8) is 0 Å². The summed E-state index contributed by atoms with van der Waals surface area (Å²) in [5.41, 5.74) is 1.70. The van der Waals surface area contributed by atoms with Crippen molar-refractivity contribution >= 4 is 5.97 Å². The van der Waals surface area contributed by atoms with Crippen molar-refractivity contribution in [1.82, 2.24) is 5.32 Å². The molecular weight excluding hydrogens is 214 g/mol. The van der Waals surface area contributed by atoms with Crippen molar-refractivity contribution in [2.24, 2.45) is 0 Å². The summed E-state index contributed by atoms with van der Waals surface area (Å²) in [4.78, 5) is 11.1. The van der Waals surface area contributed by atoms with Gasteiger partial charge in [0.1, 0.15) is 0 Å². The standard InChI is InChI=1S/C14H19NO2/c1-12(2)14(16)17-10-6-9-15-11-13-7-4-3-5-8-13/h3-5,7-8,15H,1,6,9-11H2,2H3. The molecule has 0 saturated heterocycles. The van der Waals surface area contributed by atoms with Gasteiger partial charge in [-0.3, -0.25) is 0 Å². The molecule has 0 unspecified atom stereocenters. The molecule has 92 valence electrons. The lowest BCUT2D eigenvalue weighted by Gasteiger charge is -2.06. The van der Waals surface area contributed by atoms with Crippen molar-refractivity contribution in [3.05, 3.63) is 48.0 Å². The van der Waals surface area contributed by atoms with E-state index in [-0.39, 0.29) is 5.97 Å². The van der Waals surface area contributed by atoms with Crippen LogP contribution in [-0.2, 0) is 16.1 Å². The molecule has 3 nitrogen and oxygen atoms in total. The maximum absolute atomic E-state index is 11.1. The van der Waals surface area contributed by atoms with E-state index in [9.17, 15) is 4.79 Å². The van der Waals surface area contributed by atoms with Gasteiger partial charge in [-0.15, -0.1) is 0 Å². The fraction of sp³-hybridized carbons (Fsp3) is 0.357. The molecule has 0 saturated carbocycles. The van der Waals surface area contributed by atoms with E-state index in [1.165, 1.54) is 5.56 Å². The van der Waals surface area contributed by atoms with Gasteiger partial charge in [0.05, 0.1) is 6.61 Å². The molecule has 0 amide bonds. The Kier molecular flexibility index (Phi) is 6.04. The molecule has 1 N–H and O–H groups in total. The van der Waals surface area contributed by atoms with Gasteiger partial charge < -0.3 is 10.1 Å². The van der Waals surface area contributed by atoms with E-state index in [0.717, 1.165) is 19.5 Å². The lowest BCUT2D eigenvalue weighted by Crippen LogP contribution is -2.17. The second kappa shape index (κ2) is 7.63. The molecule has 0 atom stereocenters. The largest absolute Gasteiger partial charge is 0.462 e. The van der Waals surface area contributed by atoms with Gasteiger partial charge in [-0.25, -0.2) is 4.79 Å². The molecule has 0 aliphatic rings. The van der Waals surface area contributed by atoms with E-state index >= 15 is 0 Å². The van der Waals surface area contributed by atoms with Crippen LogP contribution in [0, 0.1) is 0 Å². The monoisotopic (exact) mass is 233 g/mol. The molecule has 0 fully saturated rings. The third-order valence-corrected chi connectivity index (χ3v) is 2.25. The van der Waals surface area contributed by atoms with Crippen molar-refractivity contribution in [3.8, 4) is 0 Å². The molecule has 0 bridgehead atoms. The predicted octanol–water partition coefficient (Wildman–Crippen LogP) is 2.29. The molecule has 1 rings (SSSR count). The number of carbonyl (C=O) groups excluding carboxylic acids is 1. The summed E-state index contributed by atoms with van der Waals surface area (Å²) in [7, 11) is 0. The minimum absolute atomic E-state index is 0.312. The van der Waals surface area contributed by atoms with Crippen molar-refractivity contribution in [2.75, 3.05) is 13.2 Å². The van der Waals surface area contributed by atoms with E-state index < -0.39 is 0 Å². The first-order valence-corrected chi connectivity index (χ1v) is 5.77. The fourth-order valence-electron chi connectivity index (χ4n) is 1.31. The first-order valence-electron chi connectivity index (χ1n) is 5.77. The number of carbonyl (C=O) groups is 1. The Hall–Kier alpha value is -1.61. The Morgan fingerprint density at radius 3 is 2.71 bits per heavy atom. The average molecular weight is 233 g/mol. The van der Waals surface area contributed by atoms with Crippen LogP contribution < -0.4 is 5.32 Å². The van der Waals surface area contributed by atoms with Crippen LogP contribution in [-0.4, -0.2) is 19.1 Å². The van der Waals surface area contributed by atoms with Gasteiger partial charge in [0.2, 0.25) is 0 Å². The smallest absolute Gasteiger partial charge is 0.333 e. The van der Waals surface area contributed by atoms with Crippen LogP contribution in [0.2, 0.25) is 0 Å². The Balaban J connectivity index is 2.02. The second-order valence-electron chi connectivity index (χ2n) is 3.93.